The van der Waals surface area contributed by atoms with Crippen LogP contribution >= 0.6 is 22.7 Å². The van der Waals surface area contributed by atoms with Crippen LogP contribution in [-0.4, -0.2) is 21.5 Å². The van der Waals surface area contributed by atoms with Crippen molar-refractivity contribution in [2.45, 2.75) is 58.0 Å². The second-order valence-electron chi connectivity index (χ2n) is 8.66. The van der Waals surface area contributed by atoms with Crippen LogP contribution in [0.3, 0.4) is 0 Å². The van der Waals surface area contributed by atoms with Crippen LogP contribution in [0.5, 0.6) is 0 Å². The first-order valence-electron chi connectivity index (χ1n) is 12.2. The number of aromatic nitrogens is 3. The van der Waals surface area contributed by atoms with Crippen molar-refractivity contribution >= 4 is 28.4 Å². The molecule has 3 aromatic heterocycles. The normalized spacial score (nSPS) is 11.7. The molecule has 36 heavy (non-hydrogen) atoms. The lowest BCUT2D eigenvalue weighted by atomic mass is 10.1. The van der Waals surface area contributed by atoms with Gasteiger partial charge in [0, 0.05) is 47.4 Å². The molecule has 1 aromatic carbocycles. The average molecular weight is 531 g/mol. The van der Waals surface area contributed by atoms with Gasteiger partial charge in [-0.25, -0.2) is 9.97 Å². The maximum absolute atomic E-state index is 13.8. The molecule has 0 saturated heterocycles. The largest absolute Gasteiger partial charge is 0.418 e. The van der Waals surface area contributed by atoms with Crippen molar-refractivity contribution in [1.29, 1.82) is 0 Å². The average Bonchev–Trinajstić information content (AvgIpc) is 3.54. The molecule has 3 heterocycles. The topological polar surface area (TPSA) is 50.7 Å². The fourth-order valence-corrected chi connectivity index (χ4v) is 5.54. The number of hydrogen-bond donors (Lipinski definition) is 1. The molecule has 4 aromatic rings. The van der Waals surface area contributed by atoms with Gasteiger partial charge < -0.3 is 5.32 Å². The lowest BCUT2D eigenvalue weighted by molar-refractivity contribution is -0.136. The standard InChI is InChI=1S/C27H29F3N4S2/c1-2-3-4-5-6-7-13-32-22-11-10-20(15-21(22)27(28,29)30)26-34-24(18-36-26)23-17-35-25(33-23)14-19-9-8-12-31-16-19/h8-12,15-18,32H,2-7,13-14H2,1H3. The lowest BCUT2D eigenvalue weighted by Gasteiger charge is -2.15. The molecular weight excluding hydrogens is 501 g/mol. The van der Waals surface area contributed by atoms with Gasteiger partial charge in [-0.2, -0.15) is 13.2 Å². The summed E-state index contributed by atoms with van der Waals surface area (Å²) in [6, 6.07) is 8.31. The minimum atomic E-state index is -4.45. The number of halogens is 3. The van der Waals surface area contributed by atoms with E-state index in [-0.39, 0.29) is 5.69 Å². The number of thiazole rings is 2. The van der Waals surface area contributed by atoms with E-state index < -0.39 is 11.7 Å². The van der Waals surface area contributed by atoms with E-state index in [9.17, 15) is 13.2 Å². The van der Waals surface area contributed by atoms with Gasteiger partial charge in [0.25, 0.3) is 0 Å². The van der Waals surface area contributed by atoms with Gasteiger partial charge in [-0.15, -0.1) is 22.7 Å². The first-order valence-corrected chi connectivity index (χ1v) is 13.9. The Morgan fingerprint density at radius 2 is 1.69 bits per heavy atom. The Labute approximate surface area is 217 Å². The highest BCUT2D eigenvalue weighted by molar-refractivity contribution is 7.13. The van der Waals surface area contributed by atoms with Gasteiger partial charge >= 0.3 is 6.18 Å². The van der Waals surface area contributed by atoms with E-state index in [4.69, 9.17) is 0 Å². The number of pyridine rings is 1. The Bertz CT molecular complexity index is 1240. The molecule has 0 radical (unpaired) electrons. The number of rotatable bonds is 12. The van der Waals surface area contributed by atoms with Crippen molar-refractivity contribution < 1.29 is 13.2 Å². The molecule has 0 fully saturated rings. The van der Waals surface area contributed by atoms with Crippen LogP contribution in [0, 0.1) is 0 Å². The minimum absolute atomic E-state index is 0.121. The van der Waals surface area contributed by atoms with Gasteiger partial charge in [0.1, 0.15) is 16.4 Å². The van der Waals surface area contributed by atoms with E-state index >= 15 is 0 Å². The van der Waals surface area contributed by atoms with Gasteiger partial charge in [0.05, 0.1) is 10.6 Å². The summed E-state index contributed by atoms with van der Waals surface area (Å²) in [6.45, 7) is 2.69. The van der Waals surface area contributed by atoms with E-state index in [1.165, 1.54) is 54.1 Å². The van der Waals surface area contributed by atoms with Crippen LogP contribution < -0.4 is 5.32 Å². The third-order valence-corrected chi connectivity index (χ3v) is 7.55. The van der Waals surface area contributed by atoms with Gasteiger partial charge in [-0.3, -0.25) is 4.98 Å². The van der Waals surface area contributed by atoms with Crippen LogP contribution in [0.4, 0.5) is 18.9 Å². The van der Waals surface area contributed by atoms with Gasteiger partial charge in [-0.05, 0) is 36.2 Å². The number of alkyl halides is 3. The van der Waals surface area contributed by atoms with Gasteiger partial charge in [0.2, 0.25) is 0 Å². The van der Waals surface area contributed by atoms with Crippen LogP contribution in [-0.2, 0) is 12.6 Å². The monoisotopic (exact) mass is 530 g/mol. The van der Waals surface area contributed by atoms with Gasteiger partial charge in [0.15, 0.2) is 0 Å². The number of nitrogens with zero attached hydrogens (tertiary/aromatic N) is 3. The summed E-state index contributed by atoms with van der Waals surface area (Å²) < 4.78 is 41.5. The number of hydrogen-bond acceptors (Lipinski definition) is 6. The highest BCUT2D eigenvalue weighted by atomic mass is 32.1. The molecule has 0 unspecified atom stereocenters. The quantitative estimate of drug-likeness (QED) is 0.186. The van der Waals surface area contributed by atoms with E-state index in [2.05, 4.69) is 27.2 Å². The SMILES string of the molecule is CCCCCCCCNc1ccc(-c2nc(-c3csc(Cc4cccnc4)n3)cs2)cc1C(F)(F)F. The van der Waals surface area contributed by atoms with Crippen LogP contribution in [0.1, 0.15) is 61.6 Å². The second kappa shape index (κ2) is 12.5. The van der Waals surface area contributed by atoms with E-state index in [0.717, 1.165) is 35.5 Å². The zero-order valence-corrected chi connectivity index (χ0v) is 21.8. The molecule has 0 bridgehead atoms. The second-order valence-corrected chi connectivity index (χ2v) is 10.5. The zero-order valence-electron chi connectivity index (χ0n) is 20.1. The molecule has 0 aliphatic rings. The highest BCUT2D eigenvalue weighted by Crippen LogP contribution is 2.39. The lowest BCUT2D eigenvalue weighted by Crippen LogP contribution is -2.12. The maximum atomic E-state index is 13.8. The number of unbranched alkanes of at least 4 members (excludes halogenated alkanes) is 5. The molecule has 4 nitrogen and oxygen atoms in total. The molecule has 190 valence electrons. The molecule has 0 spiro atoms. The number of anilines is 1. The van der Waals surface area contributed by atoms with Crippen molar-refractivity contribution in [3.8, 4) is 22.0 Å². The Balaban J connectivity index is 1.44. The molecule has 0 saturated carbocycles. The first-order chi connectivity index (χ1) is 17.4. The van der Waals surface area contributed by atoms with Gasteiger partial charge in [-0.1, -0.05) is 45.1 Å². The molecule has 4 rings (SSSR count). The van der Waals surface area contributed by atoms with Crippen LogP contribution in [0.25, 0.3) is 22.0 Å². The van der Waals surface area contributed by atoms with Crippen LogP contribution in [0.15, 0.2) is 53.5 Å². The van der Waals surface area contributed by atoms with E-state index in [0.29, 0.717) is 29.2 Å². The Hall–Kier alpha value is -2.78. The summed E-state index contributed by atoms with van der Waals surface area (Å²) in [7, 11) is 0. The van der Waals surface area contributed by atoms with Crippen molar-refractivity contribution in [2.24, 2.45) is 0 Å². The third kappa shape index (κ3) is 7.13. The predicted octanol–water partition coefficient (Wildman–Crippen LogP) is 8.71. The summed E-state index contributed by atoms with van der Waals surface area (Å²) in [5, 5.41) is 8.25. The molecule has 0 aliphatic heterocycles. The Morgan fingerprint density at radius 1 is 0.917 bits per heavy atom. The molecule has 0 atom stereocenters. The number of benzene rings is 1. The summed E-state index contributed by atoms with van der Waals surface area (Å²) in [5.41, 5.74) is 2.39. The Morgan fingerprint density at radius 3 is 2.47 bits per heavy atom. The summed E-state index contributed by atoms with van der Waals surface area (Å²) in [6.07, 6.45) is 6.34. The first kappa shape index (κ1) is 26.3. The summed E-state index contributed by atoms with van der Waals surface area (Å²) >= 11 is 2.86. The predicted molar refractivity (Wildman–Crippen MR) is 143 cm³/mol. The third-order valence-electron chi connectivity index (χ3n) is 5.81. The minimum Gasteiger partial charge on any atom is -0.385 e. The zero-order chi connectivity index (χ0) is 25.4. The number of nitrogens with one attached hydrogen (secondary N) is 1. The fraction of sp³-hybridized carbons (Fsp3) is 0.370. The molecule has 1 N–H and O–H groups in total. The molecule has 0 aliphatic carbocycles. The van der Waals surface area contributed by atoms with Crippen molar-refractivity contribution in [3.05, 3.63) is 69.6 Å². The van der Waals surface area contributed by atoms with Crippen LogP contribution in [0.2, 0.25) is 0 Å². The van der Waals surface area contributed by atoms with E-state index in [1.807, 2.05) is 29.1 Å². The van der Waals surface area contributed by atoms with Crippen molar-refractivity contribution in [2.75, 3.05) is 11.9 Å². The summed E-state index contributed by atoms with van der Waals surface area (Å²) in [5.74, 6) is 0. The van der Waals surface area contributed by atoms with Crippen molar-refractivity contribution in [3.63, 3.8) is 0 Å². The fourth-order valence-electron chi connectivity index (χ4n) is 3.91. The smallest absolute Gasteiger partial charge is 0.385 e. The molecule has 0 amide bonds. The Kier molecular flexibility index (Phi) is 9.09. The van der Waals surface area contributed by atoms with E-state index in [1.54, 1.807) is 12.3 Å². The maximum Gasteiger partial charge on any atom is 0.418 e. The molecular formula is C27H29F3N4S2. The molecule has 9 heteroatoms. The highest BCUT2D eigenvalue weighted by Gasteiger charge is 2.34. The summed E-state index contributed by atoms with van der Waals surface area (Å²) in [4.78, 5) is 13.4. The van der Waals surface area contributed by atoms with Crippen molar-refractivity contribution in [1.82, 2.24) is 15.0 Å².